The lowest BCUT2D eigenvalue weighted by Gasteiger charge is -2.32. The highest BCUT2D eigenvalue weighted by Crippen LogP contribution is 2.23. The number of sulfonamides is 1. The molecule has 1 aromatic carbocycles. The van der Waals surface area contributed by atoms with Crippen molar-refractivity contribution in [2.75, 3.05) is 18.4 Å². The summed E-state index contributed by atoms with van der Waals surface area (Å²) in [6.45, 7) is 9.71. The maximum absolute atomic E-state index is 13.0. The van der Waals surface area contributed by atoms with Crippen LogP contribution in [0.15, 0.2) is 48.1 Å². The number of benzene rings is 1. The number of aromatic nitrogens is 2. The summed E-state index contributed by atoms with van der Waals surface area (Å²) in [4.78, 5) is 20.5. The molecule has 0 spiro atoms. The minimum absolute atomic E-state index is 0.115. The summed E-state index contributed by atoms with van der Waals surface area (Å²) in [5.74, 6) is 0.408. The zero-order valence-electron chi connectivity index (χ0n) is 18.5. The number of anilines is 2. The number of nitrogens with zero attached hydrogens (tertiary/aromatic N) is 3. The molecule has 0 radical (unpaired) electrons. The Bertz CT molecular complexity index is 1040. The van der Waals surface area contributed by atoms with E-state index < -0.39 is 21.7 Å². The number of piperidine rings is 1. The Morgan fingerprint density at radius 2 is 1.75 bits per heavy atom. The Balaban J connectivity index is 1.57. The van der Waals surface area contributed by atoms with Gasteiger partial charge in [-0.15, -0.1) is 0 Å². The van der Waals surface area contributed by atoms with E-state index in [9.17, 15) is 13.2 Å². The Morgan fingerprint density at radius 1 is 1.16 bits per heavy atom. The van der Waals surface area contributed by atoms with Crippen molar-refractivity contribution >= 4 is 33.8 Å². The van der Waals surface area contributed by atoms with E-state index in [1.54, 1.807) is 63.5 Å². The van der Waals surface area contributed by atoms with Crippen LogP contribution in [0.4, 0.5) is 16.4 Å². The van der Waals surface area contributed by atoms with Crippen LogP contribution in [0.3, 0.4) is 0 Å². The Hall–Kier alpha value is -2.98. The Labute approximate surface area is 189 Å². The van der Waals surface area contributed by atoms with Gasteiger partial charge in [0.1, 0.15) is 5.60 Å². The van der Waals surface area contributed by atoms with Gasteiger partial charge in [-0.2, -0.15) is 4.31 Å². The second-order valence-electron chi connectivity index (χ2n) is 8.52. The third-order valence-corrected chi connectivity index (χ3v) is 6.74. The standard InChI is InChI=1S/C22H29N5O4S/c1-5-16-14-23-20(24-15-16)25-17-6-8-19(9-7-17)32(29,30)27-12-10-18(11-13-27)26-21(28)31-22(2,3)4/h5-9,14-15,18H,1,10-13H2,2-4H3,(H,26,28)(H,23,24,25). The molecule has 2 N–H and O–H groups in total. The molecule has 0 aliphatic carbocycles. The van der Waals surface area contributed by atoms with E-state index >= 15 is 0 Å². The molecule has 1 aliphatic rings. The van der Waals surface area contributed by atoms with Crippen molar-refractivity contribution in [2.45, 2.75) is 50.2 Å². The highest BCUT2D eigenvalue weighted by atomic mass is 32.2. The van der Waals surface area contributed by atoms with Gasteiger partial charge in [0, 0.05) is 42.8 Å². The molecule has 32 heavy (non-hydrogen) atoms. The van der Waals surface area contributed by atoms with Crippen LogP contribution in [0, 0.1) is 0 Å². The number of hydrogen-bond donors (Lipinski definition) is 2. The molecule has 0 unspecified atom stereocenters. The van der Waals surface area contributed by atoms with Crippen LogP contribution < -0.4 is 10.6 Å². The zero-order valence-corrected chi connectivity index (χ0v) is 19.4. The van der Waals surface area contributed by atoms with E-state index in [1.165, 1.54) is 4.31 Å². The van der Waals surface area contributed by atoms with Crippen molar-refractivity contribution in [2.24, 2.45) is 0 Å². The molecule has 172 valence electrons. The van der Waals surface area contributed by atoms with Crippen molar-refractivity contribution in [1.29, 1.82) is 0 Å². The molecule has 0 saturated carbocycles. The molecule has 1 amide bonds. The normalized spacial score (nSPS) is 15.7. The minimum Gasteiger partial charge on any atom is -0.444 e. The van der Waals surface area contributed by atoms with Crippen LogP contribution in [0.1, 0.15) is 39.2 Å². The number of alkyl carbamates (subject to hydrolysis) is 1. The molecule has 2 heterocycles. The van der Waals surface area contributed by atoms with Gasteiger partial charge in [0.15, 0.2) is 0 Å². The summed E-state index contributed by atoms with van der Waals surface area (Å²) in [7, 11) is -3.62. The number of carbonyl (C=O) groups is 1. The Morgan fingerprint density at radius 3 is 2.28 bits per heavy atom. The van der Waals surface area contributed by atoms with Crippen molar-refractivity contribution in [1.82, 2.24) is 19.6 Å². The quantitative estimate of drug-likeness (QED) is 0.679. The SMILES string of the molecule is C=Cc1cnc(Nc2ccc(S(=O)(=O)N3CCC(NC(=O)OC(C)(C)C)CC3)cc2)nc1. The first-order chi connectivity index (χ1) is 15.1. The van der Waals surface area contributed by atoms with E-state index in [4.69, 9.17) is 4.74 Å². The number of carbonyl (C=O) groups excluding carboxylic acids is 1. The maximum atomic E-state index is 13.0. The second-order valence-corrected chi connectivity index (χ2v) is 10.5. The summed E-state index contributed by atoms with van der Waals surface area (Å²) >= 11 is 0. The van der Waals surface area contributed by atoms with Crippen LogP contribution >= 0.6 is 0 Å². The van der Waals surface area contributed by atoms with Crippen LogP contribution in [0.2, 0.25) is 0 Å². The van der Waals surface area contributed by atoms with Crippen molar-refractivity contribution < 1.29 is 17.9 Å². The van der Waals surface area contributed by atoms with E-state index in [-0.39, 0.29) is 10.9 Å². The van der Waals surface area contributed by atoms with Gasteiger partial charge >= 0.3 is 6.09 Å². The predicted molar refractivity (Wildman–Crippen MR) is 123 cm³/mol. The largest absolute Gasteiger partial charge is 0.444 e. The van der Waals surface area contributed by atoms with Crippen molar-refractivity contribution in [3.05, 3.63) is 48.8 Å². The molecule has 1 aliphatic heterocycles. The monoisotopic (exact) mass is 459 g/mol. The topological polar surface area (TPSA) is 114 Å². The van der Waals surface area contributed by atoms with Crippen LogP contribution in [0.5, 0.6) is 0 Å². The third-order valence-electron chi connectivity index (χ3n) is 4.83. The van der Waals surface area contributed by atoms with Crippen LogP contribution in [-0.2, 0) is 14.8 Å². The molecule has 1 fully saturated rings. The van der Waals surface area contributed by atoms with Crippen molar-refractivity contribution in [3.63, 3.8) is 0 Å². The molecule has 1 aromatic heterocycles. The molecular formula is C22H29N5O4S. The third kappa shape index (κ3) is 6.27. The summed E-state index contributed by atoms with van der Waals surface area (Å²) < 4.78 is 32.7. The predicted octanol–water partition coefficient (Wildman–Crippen LogP) is 3.54. The van der Waals surface area contributed by atoms with E-state index in [2.05, 4.69) is 27.2 Å². The number of amides is 1. The summed E-state index contributed by atoms with van der Waals surface area (Å²) in [5, 5.41) is 5.85. The van der Waals surface area contributed by atoms with Crippen LogP contribution in [0.25, 0.3) is 6.08 Å². The lowest BCUT2D eigenvalue weighted by Crippen LogP contribution is -2.47. The maximum Gasteiger partial charge on any atom is 0.407 e. The average Bonchev–Trinajstić information content (AvgIpc) is 2.74. The molecule has 0 bridgehead atoms. The summed E-state index contributed by atoms with van der Waals surface area (Å²) in [6.07, 6.45) is 5.50. The first kappa shape index (κ1) is 23.7. The molecule has 2 aromatic rings. The minimum atomic E-state index is -3.62. The van der Waals surface area contributed by atoms with Gasteiger partial charge in [0.25, 0.3) is 0 Å². The fourth-order valence-corrected chi connectivity index (χ4v) is 4.68. The van der Waals surface area contributed by atoms with Crippen LogP contribution in [-0.4, -0.2) is 53.5 Å². The first-order valence-corrected chi connectivity index (χ1v) is 11.8. The molecular weight excluding hydrogens is 430 g/mol. The smallest absolute Gasteiger partial charge is 0.407 e. The number of hydrogen-bond acceptors (Lipinski definition) is 7. The van der Waals surface area contributed by atoms with E-state index in [0.29, 0.717) is 37.6 Å². The molecule has 0 atom stereocenters. The molecule has 3 rings (SSSR count). The van der Waals surface area contributed by atoms with Gasteiger partial charge in [0.05, 0.1) is 4.90 Å². The zero-order chi connectivity index (χ0) is 23.4. The summed E-state index contributed by atoms with van der Waals surface area (Å²) in [6, 6.07) is 6.35. The van der Waals surface area contributed by atoms with E-state index in [1.807, 2.05) is 0 Å². The highest BCUT2D eigenvalue weighted by molar-refractivity contribution is 7.89. The van der Waals surface area contributed by atoms with Gasteiger partial charge in [-0.3, -0.25) is 0 Å². The highest BCUT2D eigenvalue weighted by Gasteiger charge is 2.30. The first-order valence-electron chi connectivity index (χ1n) is 10.4. The molecule has 9 nitrogen and oxygen atoms in total. The lowest BCUT2D eigenvalue weighted by atomic mass is 10.1. The fourth-order valence-electron chi connectivity index (χ4n) is 3.21. The average molecular weight is 460 g/mol. The number of ether oxygens (including phenoxy) is 1. The molecule has 1 saturated heterocycles. The van der Waals surface area contributed by atoms with Gasteiger partial charge in [-0.25, -0.2) is 23.2 Å². The summed E-state index contributed by atoms with van der Waals surface area (Å²) in [5.41, 5.74) is 0.911. The molecule has 10 heteroatoms. The lowest BCUT2D eigenvalue weighted by molar-refractivity contribution is 0.0489. The van der Waals surface area contributed by atoms with Gasteiger partial charge in [0.2, 0.25) is 16.0 Å². The van der Waals surface area contributed by atoms with Crippen molar-refractivity contribution in [3.8, 4) is 0 Å². The number of nitrogens with one attached hydrogen (secondary N) is 2. The van der Waals surface area contributed by atoms with Gasteiger partial charge in [-0.1, -0.05) is 12.7 Å². The second kappa shape index (κ2) is 9.66. The van der Waals surface area contributed by atoms with Gasteiger partial charge in [-0.05, 0) is 57.9 Å². The fraction of sp³-hybridized carbons (Fsp3) is 0.409. The Kier molecular flexibility index (Phi) is 7.15. The van der Waals surface area contributed by atoms with E-state index in [0.717, 1.165) is 5.56 Å². The van der Waals surface area contributed by atoms with Gasteiger partial charge < -0.3 is 15.4 Å². The number of rotatable bonds is 6.